The molecule has 1 aromatic heterocycles. The van der Waals surface area contributed by atoms with Crippen LogP contribution in [0.5, 0.6) is 0 Å². The van der Waals surface area contributed by atoms with E-state index in [1.54, 1.807) is 24.4 Å². The number of piperidine rings is 1. The Kier molecular flexibility index (Phi) is 9.94. The van der Waals surface area contributed by atoms with E-state index in [0.717, 1.165) is 37.3 Å². The molecular weight excluding hydrogens is 523 g/mol. The summed E-state index contributed by atoms with van der Waals surface area (Å²) in [6.07, 6.45) is -1.46. The average molecular weight is 551 g/mol. The summed E-state index contributed by atoms with van der Waals surface area (Å²) in [7, 11) is 2.08. The topological polar surface area (TPSA) is 85.8 Å². The van der Waals surface area contributed by atoms with Crippen molar-refractivity contribution in [2.24, 2.45) is 0 Å². The molecule has 0 saturated carbocycles. The van der Waals surface area contributed by atoms with Crippen LogP contribution in [0.15, 0.2) is 66.9 Å². The lowest BCUT2D eigenvalue weighted by Crippen LogP contribution is -2.43. The molecule has 2 aromatic carbocycles. The lowest BCUT2D eigenvalue weighted by molar-refractivity contribution is -0.192. The number of carbonyl (C=O) groups excluding carboxylic acids is 1. The summed E-state index contributed by atoms with van der Waals surface area (Å²) in [5, 5.41) is 9.97. The van der Waals surface area contributed by atoms with E-state index in [9.17, 15) is 26.7 Å². The zero-order valence-corrected chi connectivity index (χ0v) is 21.0. The van der Waals surface area contributed by atoms with Gasteiger partial charge in [-0.15, -0.1) is 0 Å². The molecule has 0 atom stereocenters. The second-order valence-corrected chi connectivity index (χ2v) is 8.93. The smallest absolute Gasteiger partial charge is 0.475 e. The van der Waals surface area contributed by atoms with E-state index in [1.165, 1.54) is 30.3 Å². The van der Waals surface area contributed by atoms with Crippen molar-refractivity contribution in [1.29, 1.82) is 0 Å². The van der Waals surface area contributed by atoms with Crippen LogP contribution in [0.3, 0.4) is 0 Å². The Morgan fingerprint density at radius 3 is 2.26 bits per heavy atom. The molecule has 3 aromatic rings. The minimum Gasteiger partial charge on any atom is -0.475 e. The van der Waals surface area contributed by atoms with E-state index < -0.39 is 12.1 Å². The fourth-order valence-corrected chi connectivity index (χ4v) is 4.06. The number of benzene rings is 2. The van der Waals surface area contributed by atoms with E-state index in [2.05, 4.69) is 27.1 Å². The minimum absolute atomic E-state index is 0.205. The zero-order chi connectivity index (χ0) is 28.6. The number of halogens is 5. The molecule has 2 heterocycles. The summed E-state index contributed by atoms with van der Waals surface area (Å²) < 4.78 is 58.3. The maximum Gasteiger partial charge on any atom is 0.490 e. The van der Waals surface area contributed by atoms with E-state index >= 15 is 0 Å². The van der Waals surface area contributed by atoms with Crippen molar-refractivity contribution in [1.82, 2.24) is 9.88 Å². The number of nitrogens with one attached hydrogen (secondary N) is 1. The number of alkyl halides is 3. The Bertz CT molecular complexity index is 1260. The third-order valence-corrected chi connectivity index (χ3v) is 6.09. The number of rotatable bonds is 6. The van der Waals surface area contributed by atoms with Crippen LogP contribution in [0, 0.1) is 11.6 Å². The highest BCUT2D eigenvalue weighted by Crippen LogP contribution is 2.24. The molecule has 0 radical (unpaired) electrons. The van der Waals surface area contributed by atoms with Crippen LogP contribution >= 0.6 is 0 Å². The first kappa shape index (κ1) is 29.5. The van der Waals surface area contributed by atoms with Gasteiger partial charge >= 0.3 is 12.1 Å². The molecule has 1 amide bonds. The molecule has 4 rings (SSSR count). The summed E-state index contributed by atoms with van der Waals surface area (Å²) in [5.41, 5.74) is 2.02. The van der Waals surface area contributed by atoms with Gasteiger partial charge in [0.15, 0.2) is 0 Å². The number of carbonyl (C=O) groups is 2. The number of hydrogen-bond acceptors (Lipinski definition) is 5. The first-order valence-electron chi connectivity index (χ1n) is 11.9. The molecule has 0 unspecified atom stereocenters. The second kappa shape index (κ2) is 13.1. The molecule has 0 bridgehead atoms. The monoisotopic (exact) mass is 550 g/mol. The van der Waals surface area contributed by atoms with Crippen molar-refractivity contribution < 1.29 is 36.6 Å². The Balaban J connectivity index is 0.000000532. The number of pyridine rings is 1. The molecule has 12 heteroatoms. The predicted molar refractivity (Wildman–Crippen MR) is 135 cm³/mol. The summed E-state index contributed by atoms with van der Waals surface area (Å²) in [6.45, 7) is 2.41. The van der Waals surface area contributed by atoms with Gasteiger partial charge in [0.25, 0.3) is 5.91 Å². The third kappa shape index (κ3) is 9.02. The average Bonchev–Trinajstić information content (AvgIpc) is 2.89. The number of aromatic nitrogens is 1. The first-order chi connectivity index (χ1) is 18.4. The van der Waals surface area contributed by atoms with E-state index in [4.69, 9.17) is 9.90 Å². The lowest BCUT2D eigenvalue weighted by Gasteiger charge is -2.37. The van der Waals surface area contributed by atoms with Gasteiger partial charge in [-0.1, -0.05) is 12.1 Å². The van der Waals surface area contributed by atoms with Crippen LogP contribution in [0.1, 0.15) is 28.8 Å². The van der Waals surface area contributed by atoms with Crippen LogP contribution in [0.2, 0.25) is 0 Å². The van der Waals surface area contributed by atoms with Gasteiger partial charge in [0.1, 0.15) is 17.5 Å². The van der Waals surface area contributed by atoms with Gasteiger partial charge in [0.05, 0.1) is 0 Å². The summed E-state index contributed by atoms with van der Waals surface area (Å²) >= 11 is 0. The highest BCUT2D eigenvalue weighted by Gasteiger charge is 2.38. The number of carboxylic acid groups (broad SMARTS) is 1. The molecule has 2 N–H and O–H groups in total. The Morgan fingerprint density at radius 2 is 1.67 bits per heavy atom. The minimum atomic E-state index is -5.08. The molecule has 1 fully saturated rings. The van der Waals surface area contributed by atoms with Crippen molar-refractivity contribution in [3.63, 3.8) is 0 Å². The summed E-state index contributed by atoms with van der Waals surface area (Å²) in [5.74, 6) is -2.82. The molecule has 1 saturated heterocycles. The molecule has 1 aliphatic heterocycles. The van der Waals surface area contributed by atoms with Crippen molar-refractivity contribution in [2.75, 3.05) is 30.4 Å². The standard InChI is InChI=1S/C25H26F2N4O.C2HF3O2/c1-30(17-18-3-2-4-21(27)15-18)23-10-13-31(14-11-23)24-16-22(9-12-28-24)29-25(32)19-5-7-20(26)8-6-19;3-2(4,5)1(6)7/h2-9,12,15-16,23H,10-11,13-14,17H2,1H3,(H,28,29,32);(H,6,7). The van der Waals surface area contributed by atoms with E-state index in [1.807, 2.05) is 12.1 Å². The molecule has 7 nitrogen and oxygen atoms in total. The zero-order valence-electron chi connectivity index (χ0n) is 21.0. The van der Waals surface area contributed by atoms with Crippen LogP contribution in [0.25, 0.3) is 0 Å². The molecule has 39 heavy (non-hydrogen) atoms. The number of anilines is 2. The number of carboxylic acids is 1. The molecule has 208 valence electrons. The fourth-order valence-electron chi connectivity index (χ4n) is 4.06. The molecule has 1 aliphatic rings. The highest BCUT2D eigenvalue weighted by molar-refractivity contribution is 6.04. The second-order valence-electron chi connectivity index (χ2n) is 8.93. The molecular formula is C27H27F5N4O3. The highest BCUT2D eigenvalue weighted by atomic mass is 19.4. The Morgan fingerprint density at radius 1 is 1.03 bits per heavy atom. The van der Waals surface area contributed by atoms with Gasteiger partial charge in [-0.3, -0.25) is 9.69 Å². The fraction of sp³-hybridized carbons (Fsp3) is 0.296. The quantitative estimate of drug-likeness (QED) is 0.403. The molecule has 0 spiro atoms. The van der Waals surface area contributed by atoms with Crippen molar-refractivity contribution >= 4 is 23.4 Å². The third-order valence-electron chi connectivity index (χ3n) is 6.09. The Hall–Kier alpha value is -4.06. The number of nitrogens with zero attached hydrogens (tertiary/aromatic N) is 3. The number of amides is 1. The van der Waals surface area contributed by atoms with Crippen molar-refractivity contribution in [3.8, 4) is 0 Å². The maximum atomic E-state index is 13.4. The van der Waals surface area contributed by atoms with Crippen LogP contribution in [-0.4, -0.2) is 59.2 Å². The number of hydrogen-bond donors (Lipinski definition) is 2. The van der Waals surface area contributed by atoms with Gasteiger partial charge in [-0.05, 0) is 67.9 Å². The predicted octanol–water partition coefficient (Wildman–Crippen LogP) is 5.35. The maximum absolute atomic E-state index is 13.4. The van der Waals surface area contributed by atoms with E-state index in [0.29, 0.717) is 23.8 Å². The SMILES string of the molecule is CN(Cc1cccc(F)c1)C1CCN(c2cc(NC(=O)c3ccc(F)cc3)ccn2)CC1.O=C(O)C(F)(F)F. The first-order valence-corrected chi connectivity index (χ1v) is 11.9. The van der Waals surface area contributed by atoms with Crippen molar-refractivity contribution in [3.05, 3.63) is 89.6 Å². The van der Waals surface area contributed by atoms with Gasteiger partial charge in [-0.2, -0.15) is 13.2 Å². The summed E-state index contributed by atoms with van der Waals surface area (Å²) in [6, 6.07) is 16.2. The molecule has 0 aliphatic carbocycles. The Labute approximate surface area is 221 Å². The normalized spacial score (nSPS) is 14.0. The van der Waals surface area contributed by atoms with Gasteiger partial charge in [-0.25, -0.2) is 18.6 Å². The summed E-state index contributed by atoms with van der Waals surface area (Å²) in [4.78, 5) is 30.3. The van der Waals surface area contributed by atoms with Gasteiger partial charge in [0, 0.05) is 49.2 Å². The largest absolute Gasteiger partial charge is 0.490 e. The van der Waals surface area contributed by atoms with Gasteiger partial charge in [0.2, 0.25) is 0 Å². The van der Waals surface area contributed by atoms with Crippen LogP contribution in [-0.2, 0) is 11.3 Å². The number of aliphatic carboxylic acids is 1. The van der Waals surface area contributed by atoms with Crippen LogP contribution in [0.4, 0.5) is 33.5 Å². The van der Waals surface area contributed by atoms with Crippen molar-refractivity contribution in [2.45, 2.75) is 31.6 Å². The van der Waals surface area contributed by atoms with Gasteiger partial charge < -0.3 is 15.3 Å². The van der Waals surface area contributed by atoms with Crippen LogP contribution < -0.4 is 10.2 Å². The van der Waals surface area contributed by atoms with E-state index in [-0.39, 0.29) is 17.5 Å². The lowest BCUT2D eigenvalue weighted by atomic mass is 10.0.